The quantitative estimate of drug-likeness (QED) is 0.835. The molecule has 0 amide bonds. The fraction of sp³-hybridized carbons (Fsp3) is 0.739. The summed E-state index contributed by atoms with van der Waals surface area (Å²) in [5.74, 6) is 2.55. The van der Waals surface area contributed by atoms with Crippen LogP contribution in [0.1, 0.15) is 74.5 Å². The number of fused-ring (bicyclic) bond motifs is 5. The van der Waals surface area contributed by atoms with E-state index >= 15 is 0 Å². The highest BCUT2D eigenvalue weighted by molar-refractivity contribution is 5.45. The smallest absolute Gasteiger partial charge is 0.120 e. The number of aryl methyl sites for hydroxylation is 1. The summed E-state index contributed by atoms with van der Waals surface area (Å²) in [7, 11) is 0. The summed E-state index contributed by atoms with van der Waals surface area (Å²) in [6, 6.07) is 4.43. The van der Waals surface area contributed by atoms with Gasteiger partial charge in [-0.15, -0.1) is 0 Å². The SMILES string of the molecule is C[C@]12CC[C@@H]3c4cc(CN5CCCC5)c(O)cc4CC[C@H]3[C@@H]1CC[C@@H]2O. The van der Waals surface area contributed by atoms with Crippen LogP contribution in [0.2, 0.25) is 0 Å². The molecule has 1 aliphatic heterocycles. The summed E-state index contributed by atoms with van der Waals surface area (Å²) >= 11 is 0. The number of nitrogens with zero attached hydrogens (tertiary/aromatic N) is 1. The van der Waals surface area contributed by atoms with Crippen LogP contribution in [-0.2, 0) is 13.0 Å². The maximum atomic E-state index is 10.6. The third kappa shape index (κ3) is 2.54. The minimum absolute atomic E-state index is 0.0969. The average Bonchev–Trinajstić information content (AvgIpc) is 3.24. The molecule has 4 aliphatic rings. The third-order valence-corrected chi connectivity index (χ3v) is 8.47. The first-order valence-corrected chi connectivity index (χ1v) is 10.8. The Kier molecular flexibility index (Phi) is 4.09. The number of rotatable bonds is 2. The minimum atomic E-state index is -0.0969. The largest absolute Gasteiger partial charge is 0.508 e. The molecule has 2 saturated carbocycles. The van der Waals surface area contributed by atoms with E-state index in [1.54, 1.807) is 0 Å². The zero-order chi connectivity index (χ0) is 17.9. The second-order valence-electron chi connectivity index (χ2n) is 9.72. The van der Waals surface area contributed by atoms with E-state index in [0.29, 0.717) is 17.6 Å². The molecular formula is C23H33NO2. The Hall–Kier alpha value is -1.06. The Morgan fingerprint density at radius 2 is 1.92 bits per heavy atom. The fourth-order valence-corrected chi connectivity index (χ4v) is 6.94. The topological polar surface area (TPSA) is 43.7 Å². The lowest BCUT2D eigenvalue weighted by atomic mass is 9.55. The predicted molar refractivity (Wildman–Crippen MR) is 103 cm³/mol. The molecule has 5 atom stereocenters. The van der Waals surface area contributed by atoms with E-state index in [2.05, 4.69) is 24.0 Å². The first-order valence-electron chi connectivity index (χ1n) is 10.8. The molecule has 1 aromatic carbocycles. The Balaban J connectivity index is 1.46. The first-order chi connectivity index (χ1) is 12.6. The van der Waals surface area contributed by atoms with Crippen molar-refractivity contribution < 1.29 is 10.2 Å². The van der Waals surface area contributed by atoms with E-state index in [4.69, 9.17) is 0 Å². The first kappa shape index (κ1) is 17.1. The van der Waals surface area contributed by atoms with Crippen molar-refractivity contribution in [1.29, 1.82) is 0 Å². The van der Waals surface area contributed by atoms with Crippen LogP contribution in [0, 0.1) is 17.3 Å². The van der Waals surface area contributed by atoms with Gasteiger partial charge in [-0.05, 0) is 105 Å². The van der Waals surface area contributed by atoms with Gasteiger partial charge in [0.2, 0.25) is 0 Å². The number of aromatic hydroxyl groups is 1. The highest BCUT2D eigenvalue weighted by atomic mass is 16.3. The summed E-state index contributed by atoms with van der Waals surface area (Å²) in [5, 5.41) is 21.2. The molecule has 0 unspecified atom stereocenters. The van der Waals surface area contributed by atoms with E-state index in [1.165, 1.54) is 56.3 Å². The van der Waals surface area contributed by atoms with Crippen LogP contribution in [0.25, 0.3) is 0 Å². The van der Waals surface area contributed by atoms with Crippen molar-refractivity contribution >= 4 is 0 Å². The van der Waals surface area contributed by atoms with Crippen molar-refractivity contribution in [3.8, 4) is 5.75 Å². The number of aliphatic hydroxyl groups excluding tert-OH is 1. The summed E-state index contributed by atoms with van der Waals surface area (Å²) < 4.78 is 0. The molecule has 26 heavy (non-hydrogen) atoms. The van der Waals surface area contributed by atoms with Crippen LogP contribution < -0.4 is 0 Å². The number of hydrogen-bond donors (Lipinski definition) is 2. The van der Waals surface area contributed by atoms with Gasteiger partial charge in [0.25, 0.3) is 0 Å². The van der Waals surface area contributed by atoms with Crippen molar-refractivity contribution in [2.75, 3.05) is 13.1 Å². The molecule has 3 nitrogen and oxygen atoms in total. The molecule has 3 heteroatoms. The molecule has 0 spiro atoms. The Bertz CT molecular complexity index is 696. The van der Waals surface area contributed by atoms with Gasteiger partial charge in [0.05, 0.1) is 6.10 Å². The number of aliphatic hydroxyl groups is 1. The molecule has 0 aromatic heterocycles. The van der Waals surface area contributed by atoms with E-state index in [-0.39, 0.29) is 11.5 Å². The molecule has 1 aromatic rings. The van der Waals surface area contributed by atoms with Crippen molar-refractivity contribution in [3.63, 3.8) is 0 Å². The molecular weight excluding hydrogens is 322 g/mol. The van der Waals surface area contributed by atoms with Crippen LogP contribution in [-0.4, -0.2) is 34.3 Å². The lowest BCUT2D eigenvalue weighted by Crippen LogP contribution is -2.44. The van der Waals surface area contributed by atoms with E-state index in [9.17, 15) is 10.2 Å². The molecule has 0 radical (unpaired) electrons. The van der Waals surface area contributed by atoms with Gasteiger partial charge in [-0.25, -0.2) is 0 Å². The standard InChI is InChI=1S/C23H33NO2/c1-23-9-8-17-18(20(23)6-7-22(23)26)5-4-15-13-21(25)16(12-19(15)17)14-24-10-2-3-11-24/h12-13,17-18,20,22,25-26H,2-11,14H2,1H3/t17-,18+,20-,22-,23-/m0/s1. The number of likely N-dealkylation sites (tertiary alicyclic amines) is 1. The second kappa shape index (κ2) is 6.24. The Morgan fingerprint density at radius 1 is 1.12 bits per heavy atom. The second-order valence-corrected chi connectivity index (χ2v) is 9.72. The summed E-state index contributed by atoms with van der Waals surface area (Å²) in [5.41, 5.74) is 4.19. The van der Waals surface area contributed by atoms with Crippen molar-refractivity contribution in [2.24, 2.45) is 17.3 Å². The summed E-state index contributed by atoms with van der Waals surface area (Å²) in [4.78, 5) is 2.48. The molecule has 5 rings (SSSR count). The van der Waals surface area contributed by atoms with E-state index in [0.717, 1.165) is 37.3 Å². The van der Waals surface area contributed by atoms with Gasteiger partial charge in [0, 0.05) is 12.1 Å². The van der Waals surface area contributed by atoms with Crippen LogP contribution in [0.5, 0.6) is 5.75 Å². The lowest BCUT2D eigenvalue weighted by Gasteiger charge is -2.50. The molecule has 3 fully saturated rings. The van der Waals surface area contributed by atoms with Crippen molar-refractivity contribution in [2.45, 2.75) is 76.9 Å². The Labute approximate surface area is 157 Å². The molecule has 0 bridgehead atoms. The minimum Gasteiger partial charge on any atom is -0.508 e. The molecule has 1 heterocycles. The number of benzene rings is 1. The molecule has 2 N–H and O–H groups in total. The normalized spacial score (nSPS) is 39.5. The van der Waals surface area contributed by atoms with Gasteiger partial charge >= 0.3 is 0 Å². The summed E-state index contributed by atoms with van der Waals surface area (Å²) in [6.07, 6.45) is 9.36. The van der Waals surface area contributed by atoms with Gasteiger partial charge in [0.1, 0.15) is 5.75 Å². The average molecular weight is 356 g/mol. The molecule has 142 valence electrons. The van der Waals surface area contributed by atoms with Gasteiger partial charge in [-0.3, -0.25) is 4.90 Å². The highest BCUT2D eigenvalue weighted by Crippen LogP contribution is 2.61. The Morgan fingerprint density at radius 3 is 2.73 bits per heavy atom. The van der Waals surface area contributed by atoms with Crippen molar-refractivity contribution in [1.82, 2.24) is 4.90 Å². The molecule has 1 saturated heterocycles. The fourth-order valence-electron chi connectivity index (χ4n) is 6.94. The maximum absolute atomic E-state index is 10.6. The predicted octanol–water partition coefficient (Wildman–Crippen LogP) is 4.21. The number of phenols is 1. The van der Waals surface area contributed by atoms with Gasteiger partial charge in [-0.2, -0.15) is 0 Å². The number of hydrogen-bond acceptors (Lipinski definition) is 3. The maximum Gasteiger partial charge on any atom is 0.120 e. The van der Waals surface area contributed by atoms with Crippen LogP contribution >= 0.6 is 0 Å². The van der Waals surface area contributed by atoms with E-state index < -0.39 is 0 Å². The van der Waals surface area contributed by atoms with Gasteiger partial charge < -0.3 is 10.2 Å². The van der Waals surface area contributed by atoms with Crippen LogP contribution in [0.4, 0.5) is 0 Å². The van der Waals surface area contributed by atoms with Crippen molar-refractivity contribution in [3.05, 3.63) is 28.8 Å². The summed E-state index contributed by atoms with van der Waals surface area (Å²) in [6.45, 7) is 5.58. The zero-order valence-electron chi connectivity index (χ0n) is 16.1. The number of phenolic OH excluding ortho intramolecular Hbond substituents is 1. The van der Waals surface area contributed by atoms with Gasteiger partial charge in [0.15, 0.2) is 0 Å². The van der Waals surface area contributed by atoms with E-state index in [1.807, 2.05) is 0 Å². The monoisotopic (exact) mass is 355 g/mol. The van der Waals surface area contributed by atoms with Crippen LogP contribution in [0.15, 0.2) is 12.1 Å². The van der Waals surface area contributed by atoms with Crippen LogP contribution in [0.3, 0.4) is 0 Å². The third-order valence-electron chi connectivity index (χ3n) is 8.47. The zero-order valence-corrected chi connectivity index (χ0v) is 16.1. The lowest BCUT2D eigenvalue weighted by molar-refractivity contribution is -0.0226. The highest BCUT2D eigenvalue weighted by Gasteiger charge is 2.54. The van der Waals surface area contributed by atoms with Gasteiger partial charge in [-0.1, -0.05) is 13.0 Å². The molecule has 3 aliphatic carbocycles.